The molecule has 0 radical (unpaired) electrons. The van der Waals surface area contributed by atoms with Crippen LogP contribution in [0.3, 0.4) is 0 Å². The largest absolute Gasteiger partial charge is 0.319 e. The van der Waals surface area contributed by atoms with Crippen LogP contribution < -0.4 is 5.32 Å². The Morgan fingerprint density at radius 1 is 1.13 bits per heavy atom. The third kappa shape index (κ3) is 2.94. The molecule has 90 valence electrons. The molecule has 1 N–H and O–H groups in total. The minimum absolute atomic E-state index is 0.542. The summed E-state index contributed by atoms with van der Waals surface area (Å²) in [5.41, 5.74) is 0.542. The van der Waals surface area contributed by atoms with E-state index in [1.807, 2.05) is 0 Å². The highest BCUT2D eigenvalue weighted by Gasteiger charge is 2.36. The Hall–Kier alpha value is -0.0800. The summed E-state index contributed by atoms with van der Waals surface area (Å²) in [6.45, 7) is 13.1. The zero-order valence-electron chi connectivity index (χ0n) is 11.1. The first kappa shape index (κ1) is 13.0. The van der Waals surface area contributed by atoms with E-state index in [0.29, 0.717) is 11.5 Å². The second kappa shape index (κ2) is 5.31. The van der Waals surface area contributed by atoms with Crippen molar-refractivity contribution in [2.75, 3.05) is 26.7 Å². The normalized spacial score (nSPS) is 22.6. The number of hydrogen-bond acceptors (Lipinski definition) is 2. The lowest BCUT2D eigenvalue weighted by atomic mass is 9.70. The van der Waals surface area contributed by atoms with E-state index in [4.69, 9.17) is 0 Å². The van der Waals surface area contributed by atoms with E-state index in [0.717, 1.165) is 5.92 Å². The lowest BCUT2D eigenvalue weighted by Crippen LogP contribution is -2.49. The highest BCUT2D eigenvalue weighted by Crippen LogP contribution is 2.38. The summed E-state index contributed by atoms with van der Waals surface area (Å²) in [7, 11) is 2.08. The third-order valence-electron chi connectivity index (χ3n) is 4.28. The molecule has 0 aromatic heterocycles. The van der Waals surface area contributed by atoms with Crippen LogP contribution in [0.15, 0.2) is 0 Å². The first-order valence-electron chi connectivity index (χ1n) is 6.40. The van der Waals surface area contributed by atoms with Gasteiger partial charge in [0, 0.05) is 12.6 Å². The fraction of sp³-hybridized carbons (Fsp3) is 1.00. The molecule has 1 saturated heterocycles. The molecule has 1 aliphatic heterocycles. The number of rotatable bonds is 4. The summed E-state index contributed by atoms with van der Waals surface area (Å²) < 4.78 is 0. The Labute approximate surface area is 95.4 Å². The molecule has 0 atom stereocenters. The van der Waals surface area contributed by atoms with Crippen molar-refractivity contribution in [2.24, 2.45) is 11.3 Å². The van der Waals surface area contributed by atoms with Crippen molar-refractivity contribution in [3.05, 3.63) is 0 Å². The molecule has 2 nitrogen and oxygen atoms in total. The Bertz CT molecular complexity index is 179. The van der Waals surface area contributed by atoms with Crippen LogP contribution in [-0.4, -0.2) is 37.6 Å². The van der Waals surface area contributed by atoms with Gasteiger partial charge in [0.05, 0.1) is 0 Å². The maximum Gasteiger partial charge on any atom is 0.00385 e. The van der Waals surface area contributed by atoms with E-state index in [-0.39, 0.29) is 0 Å². The lowest BCUT2D eigenvalue weighted by molar-refractivity contribution is 0.0482. The molecule has 0 saturated carbocycles. The van der Waals surface area contributed by atoms with Crippen molar-refractivity contribution >= 4 is 0 Å². The average Bonchev–Trinajstić information content (AvgIpc) is 2.18. The van der Waals surface area contributed by atoms with Gasteiger partial charge >= 0.3 is 0 Å². The molecular formula is C13H28N2. The van der Waals surface area contributed by atoms with E-state index in [9.17, 15) is 0 Å². The van der Waals surface area contributed by atoms with Gasteiger partial charge < -0.3 is 10.2 Å². The monoisotopic (exact) mass is 212 g/mol. The van der Waals surface area contributed by atoms with Crippen molar-refractivity contribution in [3.8, 4) is 0 Å². The Morgan fingerprint density at radius 2 is 1.67 bits per heavy atom. The van der Waals surface area contributed by atoms with Gasteiger partial charge in [-0.25, -0.2) is 0 Å². The van der Waals surface area contributed by atoms with Crippen molar-refractivity contribution in [1.82, 2.24) is 10.2 Å². The number of nitrogens with zero attached hydrogens (tertiary/aromatic N) is 1. The van der Waals surface area contributed by atoms with E-state index < -0.39 is 0 Å². The van der Waals surface area contributed by atoms with Gasteiger partial charge in [-0.05, 0) is 58.2 Å². The van der Waals surface area contributed by atoms with Gasteiger partial charge in [0.15, 0.2) is 0 Å². The van der Waals surface area contributed by atoms with Gasteiger partial charge in [0.1, 0.15) is 0 Å². The van der Waals surface area contributed by atoms with E-state index >= 15 is 0 Å². The predicted octanol–water partition coefficient (Wildman–Crippen LogP) is 2.35. The molecular weight excluding hydrogens is 184 g/mol. The smallest absolute Gasteiger partial charge is 0.00385 e. The van der Waals surface area contributed by atoms with Crippen LogP contribution in [0.5, 0.6) is 0 Å². The SMILES string of the molecule is CNCC1(C(C)C)CCN(C(C)C)CC1. The lowest BCUT2D eigenvalue weighted by Gasteiger charge is -2.46. The Kier molecular flexibility index (Phi) is 4.60. The van der Waals surface area contributed by atoms with Crippen LogP contribution in [0.4, 0.5) is 0 Å². The molecule has 0 aliphatic carbocycles. The highest BCUT2D eigenvalue weighted by atomic mass is 15.2. The van der Waals surface area contributed by atoms with Crippen molar-refractivity contribution < 1.29 is 0 Å². The number of piperidine rings is 1. The van der Waals surface area contributed by atoms with Gasteiger partial charge in [0.2, 0.25) is 0 Å². The van der Waals surface area contributed by atoms with Crippen LogP contribution in [-0.2, 0) is 0 Å². The van der Waals surface area contributed by atoms with Gasteiger partial charge in [0.25, 0.3) is 0 Å². The van der Waals surface area contributed by atoms with E-state index in [2.05, 4.69) is 45.0 Å². The molecule has 1 aliphatic rings. The summed E-state index contributed by atoms with van der Waals surface area (Å²) >= 11 is 0. The molecule has 1 rings (SSSR count). The minimum Gasteiger partial charge on any atom is -0.319 e. The summed E-state index contributed by atoms with van der Waals surface area (Å²) in [6.07, 6.45) is 2.70. The molecule has 0 aromatic carbocycles. The minimum atomic E-state index is 0.542. The first-order valence-corrected chi connectivity index (χ1v) is 6.40. The molecule has 0 bridgehead atoms. The number of likely N-dealkylation sites (tertiary alicyclic amines) is 1. The number of nitrogens with one attached hydrogen (secondary N) is 1. The molecule has 0 amide bonds. The summed E-state index contributed by atoms with van der Waals surface area (Å²) in [5, 5.41) is 3.39. The second-order valence-electron chi connectivity index (χ2n) is 5.68. The number of hydrogen-bond donors (Lipinski definition) is 1. The Morgan fingerprint density at radius 3 is 2.00 bits per heavy atom. The van der Waals surface area contributed by atoms with Crippen LogP contribution in [0.25, 0.3) is 0 Å². The molecule has 0 spiro atoms. The van der Waals surface area contributed by atoms with Gasteiger partial charge in [-0.1, -0.05) is 13.8 Å². The highest BCUT2D eigenvalue weighted by molar-refractivity contribution is 4.90. The predicted molar refractivity (Wildman–Crippen MR) is 67.1 cm³/mol. The topological polar surface area (TPSA) is 15.3 Å². The molecule has 2 heteroatoms. The Balaban J connectivity index is 2.57. The molecule has 1 fully saturated rings. The van der Waals surface area contributed by atoms with E-state index in [1.165, 1.54) is 32.5 Å². The molecule has 15 heavy (non-hydrogen) atoms. The first-order chi connectivity index (χ1) is 7.02. The fourth-order valence-corrected chi connectivity index (χ4v) is 2.80. The van der Waals surface area contributed by atoms with Crippen LogP contribution in [0.1, 0.15) is 40.5 Å². The average molecular weight is 212 g/mol. The molecule has 0 aromatic rings. The van der Waals surface area contributed by atoms with Crippen molar-refractivity contribution in [1.29, 1.82) is 0 Å². The van der Waals surface area contributed by atoms with Crippen molar-refractivity contribution in [3.63, 3.8) is 0 Å². The third-order valence-corrected chi connectivity index (χ3v) is 4.28. The zero-order valence-corrected chi connectivity index (χ0v) is 11.1. The molecule has 0 unspecified atom stereocenters. The summed E-state index contributed by atoms with van der Waals surface area (Å²) in [4.78, 5) is 2.61. The quantitative estimate of drug-likeness (QED) is 0.769. The van der Waals surface area contributed by atoms with Gasteiger partial charge in [-0.2, -0.15) is 0 Å². The van der Waals surface area contributed by atoms with Crippen LogP contribution in [0, 0.1) is 11.3 Å². The van der Waals surface area contributed by atoms with Gasteiger partial charge in [-0.3, -0.25) is 0 Å². The summed E-state index contributed by atoms with van der Waals surface area (Å²) in [6, 6.07) is 0.713. The zero-order chi connectivity index (χ0) is 11.5. The fourth-order valence-electron chi connectivity index (χ4n) is 2.80. The summed E-state index contributed by atoms with van der Waals surface area (Å²) in [5.74, 6) is 0.791. The maximum atomic E-state index is 3.39. The van der Waals surface area contributed by atoms with Crippen LogP contribution in [0.2, 0.25) is 0 Å². The van der Waals surface area contributed by atoms with Gasteiger partial charge in [-0.15, -0.1) is 0 Å². The maximum absolute atomic E-state index is 3.39. The van der Waals surface area contributed by atoms with E-state index in [1.54, 1.807) is 0 Å². The second-order valence-corrected chi connectivity index (χ2v) is 5.68. The molecule has 1 heterocycles. The van der Waals surface area contributed by atoms with Crippen LogP contribution >= 0.6 is 0 Å². The standard InChI is InChI=1S/C13H28N2/c1-11(2)13(10-14-5)6-8-15(9-7-13)12(3)4/h11-12,14H,6-10H2,1-5H3. The van der Waals surface area contributed by atoms with Crippen molar-refractivity contribution in [2.45, 2.75) is 46.6 Å².